The number of hydrogen-bond donors (Lipinski definition) is 0. The first-order valence-electron chi connectivity index (χ1n) is 9.96. The molecule has 36 heavy (non-hydrogen) atoms. The van der Waals surface area contributed by atoms with E-state index in [1.807, 2.05) is 0 Å². The first-order valence-corrected chi connectivity index (χ1v) is 13.1. The number of fused-ring (bicyclic) bond motifs is 1. The number of aromatic nitrogens is 1. The molecule has 3 heterocycles. The maximum Gasteiger partial charge on any atom is 0.416 e. The molecule has 4 rings (SSSR count). The van der Waals surface area contributed by atoms with Crippen LogP contribution < -0.4 is 10.5 Å². The fourth-order valence-corrected chi connectivity index (χ4v) is 7.42. The fraction of sp³-hybridized carbons (Fsp3) is 0.316. The average Bonchev–Trinajstić information content (AvgIpc) is 3.33. The molecule has 3 aromatic rings. The Kier molecular flexibility index (Phi) is 6.76. The van der Waals surface area contributed by atoms with Crippen LogP contribution in [0.5, 0.6) is 0 Å². The van der Waals surface area contributed by atoms with Gasteiger partial charge in [-0.2, -0.15) is 22.5 Å². The van der Waals surface area contributed by atoms with E-state index in [0.29, 0.717) is 23.5 Å². The van der Waals surface area contributed by atoms with E-state index in [9.17, 15) is 41.3 Å². The van der Waals surface area contributed by atoms with Gasteiger partial charge in [0.1, 0.15) is 14.5 Å². The summed E-state index contributed by atoms with van der Waals surface area (Å²) in [6, 6.07) is 2.19. The zero-order valence-electron chi connectivity index (χ0n) is 18.1. The first-order chi connectivity index (χ1) is 16.8. The van der Waals surface area contributed by atoms with Gasteiger partial charge in [0.2, 0.25) is 10.0 Å². The number of methoxy groups -OCH3 is 1. The molecule has 0 unspecified atom stereocenters. The van der Waals surface area contributed by atoms with Crippen molar-refractivity contribution in [1.82, 2.24) is 9.29 Å². The maximum atomic E-state index is 13.2. The van der Waals surface area contributed by atoms with Gasteiger partial charge in [0.15, 0.2) is 5.13 Å². The summed E-state index contributed by atoms with van der Waals surface area (Å²) < 4.78 is 71.1. The molecule has 0 spiro atoms. The van der Waals surface area contributed by atoms with Crippen molar-refractivity contribution in [2.24, 2.45) is 0 Å². The number of esters is 1. The highest BCUT2D eigenvalue weighted by Gasteiger charge is 2.36. The molecule has 1 fully saturated rings. The topological polar surface area (TPSA) is 140 Å². The predicted octanol–water partition coefficient (Wildman–Crippen LogP) is 2.94. The second-order valence-electron chi connectivity index (χ2n) is 7.43. The lowest BCUT2D eigenvalue weighted by molar-refractivity contribution is -0.383. The fourth-order valence-electron chi connectivity index (χ4n) is 3.58. The summed E-state index contributed by atoms with van der Waals surface area (Å²) in [7, 11) is -2.92. The number of sulfonamides is 1. The normalized spacial score (nSPS) is 15.3. The largest absolute Gasteiger partial charge is 0.465 e. The summed E-state index contributed by atoms with van der Waals surface area (Å²) >= 11 is 1.60. The smallest absolute Gasteiger partial charge is 0.416 e. The van der Waals surface area contributed by atoms with E-state index in [-0.39, 0.29) is 45.8 Å². The molecule has 0 radical (unpaired) electrons. The molecular weight excluding hydrogens is 549 g/mol. The number of rotatable bonds is 5. The summed E-state index contributed by atoms with van der Waals surface area (Å²) in [5.41, 5.74) is -3.28. The molecule has 11 nitrogen and oxygen atoms in total. The summed E-state index contributed by atoms with van der Waals surface area (Å²) in [5, 5.41) is 12.4. The highest BCUT2D eigenvalue weighted by molar-refractivity contribution is 7.89. The number of piperazine rings is 1. The van der Waals surface area contributed by atoms with Gasteiger partial charge in [-0.1, -0.05) is 11.3 Å². The lowest BCUT2D eigenvalue weighted by atomic mass is 10.1. The lowest BCUT2D eigenvalue weighted by Gasteiger charge is -2.34. The zero-order chi connectivity index (χ0) is 26.4. The number of halogens is 3. The molecule has 1 aliphatic heterocycles. The molecule has 192 valence electrons. The van der Waals surface area contributed by atoms with Crippen LogP contribution in [-0.2, 0) is 20.9 Å². The molecule has 0 amide bonds. The van der Waals surface area contributed by atoms with E-state index < -0.39 is 49.3 Å². The minimum Gasteiger partial charge on any atom is -0.465 e. The van der Waals surface area contributed by atoms with Crippen LogP contribution in [0.2, 0.25) is 0 Å². The van der Waals surface area contributed by atoms with Crippen molar-refractivity contribution in [1.29, 1.82) is 0 Å². The molecule has 2 aromatic heterocycles. The van der Waals surface area contributed by atoms with Crippen LogP contribution in [0.3, 0.4) is 0 Å². The predicted molar refractivity (Wildman–Crippen MR) is 124 cm³/mol. The number of ether oxygens (including phenoxy) is 1. The van der Waals surface area contributed by atoms with Crippen molar-refractivity contribution in [2.45, 2.75) is 11.1 Å². The number of nitrogens with zero attached hydrogens (tertiary/aromatic N) is 4. The second-order valence-corrected chi connectivity index (χ2v) is 11.2. The zero-order valence-corrected chi connectivity index (χ0v) is 20.6. The molecule has 0 saturated carbocycles. The van der Waals surface area contributed by atoms with Crippen LogP contribution in [0.15, 0.2) is 33.3 Å². The van der Waals surface area contributed by atoms with Crippen LogP contribution in [0.25, 0.3) is 10.1 Å². The Morgan fingerprint density at radius 3 is 2.47 bits per heavy atom. The molecule has 0 atom stereocenters. The van der Waals surface area contributed by atoms with Crippen molar-refractivity contribution < 1.29 is 36.0 Å². The number of alkyl halides is 3. The number of nitro groups is 1. The minimum atomic E-state index is -4.90. The van der Waals surface area contributed by atoms with Gasteiger partial charge in [0.25, 0.3) is 11.2 Å². The maximum absolute atomic E-state index is 13.2. The van der Waals surface area contributed by atoms with E-state index >= 15 is 0 Å². The average molecular weight is 565 g/mol. The van der Waals surface area contributed by atoms with Gasteiger partial charge < -0.3 is 9.64 Å². The number of hydrogen-bond acceptors (Lipinski definition) is 11. The van der Waals surface area contributed by atoms with Gasteiger partial charge in [-0.15, -0.1) is 11.3 Å². The van der Waals surface area contributed by atoms with Gasteiger partial charge in [0, 0.05) is 32.2 Å². The minimum absolute atomic E-state index is 0.0122. The number of anilines is 1. The summed E-state index contributed by atoms with van der Waals surface area (Å²) in [6.45, 7) is -0.0390. The van der Waals surface area contributed by atoms with Crippen molar-refractivity contribution >= 4 is 59.6 Å². The van der Waals surface area contributed by atoms with Crippen LogP contribution in [0.1, 0.15) is 15.2 Å². The number of carbonyl (C=O) groups is 1. The quantitative estimate of drug-likeness (QED) is 0.260. The Labute approximate surface area is 208 Å². The van der Waals surface area contributed by atoms with E-state index in [1.165, 1.54) is 16.3 Å². The highest BCUT2D eigenvalue weighted by Crippen LogP contribution is 2.38. The third-order valence-electron chi connectivity index (χ3n) is 5.34. The number of carbonyl (C=O) groups excluding carboxylic acids is 1. The summed E-state index contributed by atoms with van der Waals surface area (Å²) in [5.74, 6) is -0.789. The number of thiophene rings is 1. The van der Waals surface area contributed by atoms with Crippen LogP contribution in [0.4, 0.5) is 24.0 Å². The summed E-state index contributed by atoms with van der Waals surface area (Å²) in [4.78, 5) is 40.0. The Morgan fingerprint density at radius 1 is 1.22 bits per heavy atom. The summed E-state index contributed by atoms with van der Waals surface area (Å²) in [6.07, 6.45) is -4.90. The molecule has 1 aliphatic rings. The monoisotopic (exact) mass is 564 g/mol. The Hall–Kier alpha value is -3.15. The van der Waals surface area contributed by atoms with Crippen molar-refractivity contribution in [3.8, 4) is 0 Å². The van der Waals surface area contributed by atoms with E-state index in [0.717, 1.165) is 22.8 Å². The molecule has 0 bridgehead atoms. The standard InChI is InChI=1S/C19H15F3N4O7S3/c1-33-17(28)15-13(2-7-34-15)36(31,32)25-5-3-24(4-6-25)18-23-16(27)11-8-10(19(20,21)22)9-12(26(29)30)14(11)35-18/h2,7-9H,3-6H2,1H3. The number of nitro benzene ring substituents is 1. The SMILES string of the molecule is COC(=O)c1sccc1S(=O)(=O)N1CCN(c2nc(=O)c3cc(C(F)(F)F)cc([N+](=O)[O-])c3s2)CC1. The van der Waals surface area contributed by atoms with E-state index in [2.05, 4.69) is 9.72 Å². The van der Waals surface area contributed by atoms with Gasteiger partial charge in [-0.25, -0.2) is 13.2 Å². The first kappa shape index (κ1) is 25.9. The lowest BCUT2D eigenvalue weighted by Crippen LogP contribution is -2.49. The molecule has 17 heteroatoms. The Bertz CT molecular complexity index is 1530. The third-order valence-corrected chi connectivity index (χ3v) is 9.47. The molecule has 0 aliphatic carbocycles. The van der Waals surface area contributed by atoms with Crippen molar-refractivity contribution in [3.05, 3.63) is 54.5 Å². The van der Waals surface area contributed by atoms with Crippen LogP contribution in [0, 0.1) is 10.1 Å². The number of benzene rings is 1. The van der Waals surface area contributed by atoms with Gasteiger partial charge in [0.05, 0.1) is 23.0 Å². The van der Waals surface area contributed by atoms with Gasteiger partial charge in [-0.3, -0.25) is 14.9 Å². The van der Waals surface area contributed by atoms with E-state index in [4.69, 9.17) is 0 Å². The third kappa shape index (κ3) is 4.65. The molecule has 1 aromatic carbocycles. The Balaban J connectivity index is 1.64. The molecule has 1 saturated heterocycles. The van der Waals surface area contributed by atoms with Crippen LogP contribution >= 0.6 is 22.7 Å². The Morgan fingerprint density at radius 2 is 1.89 bits per heavy atom. The van der Waals surface area contributed by atoms with E-state index in [1.54, 1.807) is 0 Å². The van der Waals surface area contributed by atoms with Gasteiger partial charge >= 0.3 is 12.1 Å². The van der Waals surface area contributed by atoms with Crippen molar-refractivity contribution in [2.75, 3.05) is 38.2 Å². The highest BCUT2D eigenvalue weighted by atomic mass is 32.2. The molecular formula is C19H15F3N4O7S3. The number of non-ortho nitro benzene ring substituents is 1. The van der Waals surface area contributed by atoms with Gasteiger partial charge in [-0.05, 0) is 17.5 Å². The second kappa shape index (κ2) is 9.38. The van der Waals surface area contributed by atoms with Crippen molar-refractivity contribution in [3.63, 3.8) is 0 Å². The molecule has 0 N–H and O–H groups in total. The van der Waals surface area contributed by atoms with Crippen LogP contribution in [-0.4, -0.2) is 61.9 Å².